The predicted molar refractivity (Wildman–Crippen MR) is 125 cm³/mol. The van der Waals surface area contributed by atoms with Gasteiger partial charge in [-0.2, -0.15) is 4.39 Å². The van der Waals surface area contributed by atoms with Gasteiger partial charge in [-0.1, -0.05) is 54.6 Å². The second-order valence-electron chi connectivity index (χ2n) is 9.47. The first-order valence-corrected chi connectivity index (χ1v) is 11.9. The molecule has 3 aromatic rings. The first-order chi connectivity index (χ1) is 16.6. The molecule has 0 radical (unpaired) electrons. The zero-order chi connectivity index (χ0) is 23.2. The van der Waals surface area contributed by atoms with E-state index in [9.17, 15) is 14.0 Å². The van der Waals surface area contributed by atoms with Crippen molar-refractivity contribution in [3.05, 3.63) is 89.5 Å². The van der Waals surface area contributed by atoms with E-state index in [1.807, 2.05) is 29.2 Å². The van der Waals surface area contributed by atoms with Gasteiger partial charge in [0.15, 0.2) is 5.78 Å². The highest BCUT2D eigenvalue weighted by Gasteiger charge is 2.46. The Morgan fingerprint density at radius 3 is 2.12 bits per heavy atom. The summed E-state index contributed by atoms with van der Waals surface area (Å²) in [5.41, 5.74) is 4.94. The van der Waals surface area contributed by atoms with Gasteiger partial charge in [0.2, 0.25) is 5.95 Å². The lowest BCUT2D eigenvalue weighted by Crippen LogP contribution is -2.48. The number of rotatable bonds is 4. The quantitative estimate of drug-likeness (QED) is 0.379. The highest BCUT2D eigenvalue weighted by atomic mass is 19.1. The molecule has 1 amide bonds. The van der Waals surface area contributed by atoms with Gasteiger partial charge in [0.05, 0.1) is 0 Å². The number of fused-ring (bicyclic) bond motifs is 5. The summed E-state index contributed by atoms with van der Waals surface area (Å²) in [6.07, 6.45) is 2.55. The third-order valence-corrected chi connectivity index (χ3v) is 7.62. The van der Waals surface area contributed by atoms with Crippen molar-refractivity contribution in [2.75, 3.05) is 6.61 Å². The Morgan fingerprint density at radius 2 is 1.50 bits per heavy atom. The monoisotopic (exact) mass is 456 g/mol. The van der Waals surface area contributed by atoms with Gasteiger partial charge in [0.1, 0.15) is 12.3 Å². The second-order valence-corrected chi connectivity index (χ2v) is 9.47. The fourth-order valence-corrected chi connectivity index (χ4v) is 6.11. The summed E-state index contributed by atoms with van der Waals surface area (Å²) in [5.74, 6) is -1.01. The molecule has 1 aliphatic carbocycles. The smallest absolute Gasteiger partial charge is 0.410 e. The summed E-state index contributed by atoms with van der Waals surface area (Å²) in [5, 5.41) is 0. The summed E-state index contributed by atoms with van der Waals surface area (Å²) in [6, 6.07) is 20.8. The van der Waals surface area contributed by atoms with Crippen molar-refractivity contribution in [2.45, 2.75) is 43.7 Å². The molecule has 172 valence electrons. The van der Waals surface area contributed by atoms with Gasteiger partial charge in [-0.3, -0.25) is 4.79 Å². The zero-order valence-corrected chi connectivity index (χ0v) is 18.7. The maximum atomic E-state index is 13.5. The standard InChI is InChI=1S/C28H25FN2O3/c29-26-11-5-10-25(30-26)27(32)17-14-18-12-13-19(15-17)31(18)28(33)34-16-24-22-8-3-1-6-20(22)21-7-2-4-9-23(21)24/h1-11,17-19,24H,12-16H2. The minimum absolute atomic E-state index is 0.0205. The van der Waals surface area contributed by atoms with E-state index in [0.717, 1.165) is 12.8 Å². The minimum atomic E-state index is -0.648. The van der Waals surface area contributed by atoms with E-state index in [-0.39, 0.29) is 41.5 Å². The SMILES string of the molecule is O=C(c1cccc(F)n1)C1CC2CCC(C1)N2C(=O)OCC1c2ccccc2-c2ccccc21. The molecule has 6 heteroatoms. The molecule has 2 aliphatic heterocycles. The number of amides is 1. The lowest BCUT2D eigenvalue weighted by molar-refractivity contribution is 0.0504. The molecular weight excluding hydrogens is 431 g/mol. The summed E-state index contributed by atoms with van der Waals surface area (Å²) >= 11 is 0. The Labute approximate surface area is 197 Å². The molecule has 3 aliphatic rings. The summed E-state index contributed by atoms with van der Waals surface area (Å²) in [7, 11) is 0. The van der Waals surface area contributed by atoms with Crippen LogP contribution in [-0.2, 0) is 4.74 Å². The number of aromatic nitrogens is 1. The first-order valence-electron chi connectivity index (χ1n) is 11.9. The highest BCUT2D eigenvalue weighted by molar-refractivity contribution is 5.96. The zero-order valence-electron chi connectivity index (χ0n) is 18.7. The number of hydrogen-bond donors (Lipinski definition) is 0. The van der Waals surface area contributed by atoms with Crippen molar-refractivity contribution < 1.29 is 18.7 Å². The number of hydrogen-bond acceptors (Lipinski definition) is 4. The topological polar surface area (TPSA) is 59.5 Å². The van der Waals surface area contributed by atoms with E-state index in [1.54, 1.807) is 6.07 Å². The number of benzene rings is 2. The Bertz CT molecular complexity index is 1220. The van der Waals surface area contributed by atoms with Crippen LogP contribution in [0.5, 0.6) is 0 Å². The Hall–Kier alpha value is -3.54. The number of ketones is 1. The molecule has 2 atom stereocenters. The number of halogens is 1. The number of nitrogens with zero attached hydrogens (tertiary/aromatic N) is 2. The maximum Gasteiger partial charge on any atom is 0.410 e. The second kappa shape index (κ2) is 8.35. The number of carbonyl (C=O) groups is 2. The van der Waals surface area contributed by atoms with Crippen LogP contribution in [0.15, 0.2) is 66.7 Å². The van der Waals surface area contributed by atoms with Crippen molar-refractivity contribution in [1.82, 2.24) is 9.88 Å². The van der Waals surface area contributed by atoms with Crippen molar-refractivity contribution in [1.29, 1.82) is 0 Å². The van der Waals surface area contributed by atoms with Crippen LogP contribution in [-0.4, -0.2) is 40.5 Å². The number of piperidine rings is 1. The van der Waals surface area contributed by atoms with Crippen molar-refractivity contribution >= 4 is 11.9 Å². The molecule has 2 fully saturated rings. The molecule has 34 heavy (non-hydrogen) atoms. The summed E-state index contributed by atoms with van der Waals surface area (Å²) in [6.45, 7) is 0.290. The van der Waals surface area contributed by atoms with Gasteiger partial charge >= 0.3 is 6.09 Å². The van der Waals surface area contributed by atoms with Crippen LogP contribution in [0, 0.1) is 11.9 Å². The van der Waals surface area contributed by atoms with Crippen LogP contribution in [0.3, 0.4) is 0 Å². The maximum absolute atomic E-state index is 13.5. The number of ether oxygens (including phenoxy) is 1. The number of Topliss-reactive ketones (excluding diaryl/α,β-unsaturated/α-hetero) is 1. The van der Waals surface area contributed by atoms with Gasteiger partial charge in [-0.05, 0) is 60.1 Å². The van der Waals surface area contributed by atoms with E-state index in [2.05, 4.69) is 29.2 Å². The molecule has 1 aromatic heterocycles. The van der Waals surface area contributed by atoms with E-state index in [4.69, 9.17) is 4.74 Å². The van der Waals surface area contributed by atoms with Gasteiger partial charge < -0.3 is 9.64 Å². The Morgan fingerprint density at radius 1 is 0.882 bits per heavy atom. The Kier molecular flexibility index (Phi) is 5.16. The molecule has 3 heterocycles. The van der Waals surface area contributed by atoms with E-state index >= 15 is 0 Å². The normalized spacial score (nSPS) is 22.9. The fraction of sp³-hybridized carbons (Fsp3) is 0.321. The number of carbonyl (C=O) groups excluding carboxylic acids is 2. The summed E-state index contributed by atoms with van der Waals surface area (Å²) in [4.78, 5) is 31.7. The average Bonchev–Trinajstić information content (AvgIpc) is 3.32. The highest BCUT2D eigenvalue weighted by Crippen LogP contribution is 2.45. The molecule has 2 saturated heterocycles. The van der Waals surface area contributed by atoms with E-state index in [1.165, 1.54) is 34.4 Å². The van der Waals surface area contributed by atoms with Gasteiger partial charge in [0.25, 0.3) is 0 Å². The minimum Gasteiger partial charge on any atom is -0.448 e. The van der Waals surface area contributed by atoms with Crippen molar-refractivity contribution in [3.8, 4) is 11.1 Å². The fourth-order valence-electron chi connectivity index (χ4n) is 6.11. The lowest BCUT2D eigenvalue weighted by atomic mass is 9.86. The lowest BCUT2D eigenvalue weighted by Gasteiger charge is -2.37. The van der Waals surface area contributed by atoms with E-state index in [0.29, 0.717) is 19.4 Å². The number of pyridine rings is 1. The molecule has 2 bridgehead atoms. The van der Waals surface area contributed by atoms with Crippen LogP contribution in [0.1, 0.15) is 53.2 Å². The Balaban J connectivity index is 1.15. The van der Waals surface area contributed by atoms with Crippen LogP contribution in [0.4, 0.5) is 9.18 Å². The average molecular weight is 457 g/mol. The third-order valence-electron chi connectivity index (χ3n) is 7.62. The molecule has 0 spiro atoms. The molecule has 0 saturated carbocycles. The molecular formula is C28H25FN2O3. The van der Waals surface area contributed by atoms with Crippen LogP contribution < -0.4 is 0 Å². The summed E-state index contributed by atoms with van der Waals surface area (Å²) < 4.78 is 19.4. The van der Waals surface area contributed by atoms with Crippen LogP contribution in [0.2, 0.25) is 0 Å². The van der Waals surface area contributed by atoms with Gasteiger partial charge in [-0.25, -0.2) is 9.78 Å². The van der Waals surface area contributed by atoms with Crippen molar-refractivity contribution in [3.63, 3.8) is 0 Å². The first kappa shape index (κ1) is 21.0. The van der Waals surface area contributed by atoms with Crippen LogP contribution >= 0.6 is 0 Å². The van der Waals surface area contributed by atoms with Gasteiger partial charge in [0, 0.05) is 23.9 Å². The molecule has 5 nitrogen and oxygen atoms in total. The molecule has 0 N–H and O–H groups in total. The molecule has 2 aromatic carbocycles. The predicted octanol–water partition coefficient (Wildman–Crippen LogP) is 5.60. The largest absolute Gasteiger partial charge is 0.448 e. The van der Waals surface area contributed by atoms with E-state index < -0.39 is 5.95 Å². The van der Waals surface area contributed by atoms with Gasteiger partial charge in [-0.15, -0.1) is 0 Å². The third kappa shape index (κ3) is 3.49. The molecule has 6 rings (SSSR count). The van der Waals surface area contributed by atoms with Crippen molar-refractivity contribution in [2.24, 2.45) is 5.92 Å². The van der Waals surface area contributed by atoms with Crippen LogP contribution in [0.25, 0.3) is 11.1 Å². The molecule has 2 unspecified atom stereocenters.